The molecule has 1 aromatic carbocycles. The summed E-state index contributed by atoms with van der Waals surface area (Å²) in [6.45, 7) is 1.57. The van der Waals surface area contributed by atoms with Crippen LogP contribution in [0.25, 0.3) is 0 Å². The van der Waals surface area contributed by atoms with Crippen molar-refractivity contribution in [1.82, 2.24) is 0 Å². The van der Waals surface area contributed by atoms with E-state index in [1.807, 2.05) is 12.1 Å². The first-order valence-corrected chi connectivity index (χ1v) is 7.20. The Hall–Kier alpha value is -1.10. The predicted molar refractivity (Wildman–Crippen MR) is 73.6 cm³/mol. The van der Waals surface area contributed by atoms with Crippen molar-refractivity contribution in [3.63, 3.8) is 0 Å². The first kappa shape index (κ1) is 13.9. The molecule has 20 heavy (non-hydrogen) atoms. The van der Waals surface area contributed by atoms with Crippen molar-refractivity contribution < 1.29 is 19.4 Å². The Morgan fingerprint density at radius 2 is 2.00 bits per heavy atom. The predicted octanol–water partition coefficient (Wildman–Crippen LogP) is 3.54. The van der Waals surface area contributed by atoms with Crippen molar-refractivity contribution >= 4 is 17.6 Å². The molecule has 1 saturated carbocycles. The number of halogens is 1. The maximum Gasteiger partial charge on any atom is 0.338 e. The molecule has 1 heterocycles. The largest absolute Gasteiger partial charge is 0.479 e. The van der Waals surface area contributed by atoms with Crippen molar-refractivity contribution in [1.29, 1.82) is 0 Å². The van der Waals surface area contributed by atoms with Gasteiger partial charge in [-0.15, -0.1) is 0 Å². The summed E-state index contributed by atoms with van der Waals surface area (Å²) in [5, 5.41) is 10.1. The van der Waals surface area contributed by atoms with Gasteiger partial charge in [0.2, 0.25) is 0 Å². The molecule has 1 N–H and O–H groups in total. The monoisotopic (exact) mass is 296 g/mol. The molecule has 3 rings (SSSR count). The first-order valence-electron chi connectivity index (χ1n) is 6.83. The van der Waals surface area contributed by atoms with E-state index in [4.69, 9.17) is 21.1 Å². The van der Waals surface area contributed by atoms with Crippen LogP contribution in [0.3, 0.4) is 0 Å². The Morgan fingerprint density at radius 1 is 1.35 bits per heavy atom. The highest BCUT2D eigenvalue weighted by Crippen LogP contribution is 2.53. The average molecular weight is 297 g/mol. The molecule has 5 heteroatoms. The zero-order chi connectivity index (χ0) is 14.4. The quantitative estimate of drug-likeness (QED) is 0.907. The van der Waals surface area contributed by atoms with E-state index in [9.17, 15) is 9.90 Å². The minimum atomic E-state index is -1.41. The van der Waals surface area contributed by atoms with Crippen LogP contribution < -0.4 is 0 Å². The number of ether oxygens (including phenoxy) is 2. The second kappa shape index (κ2) is 4.72. The maximum atomic E-state index is 11.7. The lowest BCUT2D eigenvalue weighted by molar-refractivity contribution is -0.194. The molecule has 0 unspecified atom stereocenters. The fourth-order valence-electron chi connectivity index (χ4n) is 3.13. The van der Waals surface area contributed by atoms with E-state index in [0.717, 1.165) is 25.7 Å². The summed E-state index contributed by atoms with van der Waals surface area (Å²) in [4.78, 5) is 11.7. The lowest BCUT2D eigenvalue weighted by atomic mass is 9.93. The van der Waals surface area contributed by atoms with E-state index < -0.39 is 23.5 Å². The first-order chi connectivity index (χ1) is 9.47. The van der Waals surface area contributed by atoms with E-state index in [2.05, 4.69) is 0 Å². The van der Waals surface area contributed by atoms with Crippen LogP contribution in [-0.4, -0.2) is 22.5 Å². The van der Waals surface area contributed by atoms with Gasteiger partial charge in [0.1, 0.15) is 6.10 Å². The number of carbonyl (C=O) groups is 1. The lowest BCUT2D eigenvalue weighted by Gasteiger charge is -2.25. The highest BCUT2D eigenvalue weighted by atomic mass is 35.5. The molecule has 1 aliphatic carbocycles. The number of carboxylic acids is 1. The third-order valence-corrected chi connectivity index (χ3v) is 4.55. The van der Waals surface area contributed by atoms with Gasteiger partial charge in [0, 0.05) is 23.4 Å². The summed E-state index contributed by atoms with van der Waals surface area (Å²) in [7, 11) is 0. The molecule has 2 aliphatic rings. The molecule has 2 atom stereocenters. The van der Waals surface area contributed by atoms with Crippen molar-refractivity contribution in [3.8, 4) is 0 Å². The highest BCUT2D eigenvalue weighted by Gasteiger charge is 2.60. The summed E-state index contributed by atoms with van der Waals surface area (Å²) in [6.07, 6.45) is 2.76. The highest BCUT2D eigenvalue weighted by molar-refractivity contribution is 6.31. The summed E-state index contributed by atoms with van der Waals surface area (Å²) in [5.74, 6) is -1.79. The van der Waals surface area contributed by atoms with Gasteiger partial charge in [-0.2, -0.15) is 0 Å². The fraction of sp³-hybridized carbons (Fsp3) is 0.533. The van der Waals surface area contributed by atoms with Crippen molar-refractivity contribution in [2.75, 3.05) is 0 Å². The molecule has 0 aromatic heterocycles. The average Bonchev–Trinajstić information content (AvgIpc) is 2.97. The molecule has 0 radical (unpaired) electrons. The second-order valence-corrected chi connectivity index (χ2v) is 6.06. The van der Waals surface area contributed by atoms with Crippen LogP contribution in [0.5, 0.6) is 0 Å². The van der Waals surface area contributed by atoms with Crippen LogP contribution in [0.2, 0.25) is 5.02 Å². The zero-order valence-electron chi connectivity index (χ0n) is 11.3. The fourth-order valence-corrected chi connectivity index (χ4v) is 3.36. The van der Waals surface area contributed by atoms with Crippen LogP contribution in [-0.2, 0) is 14.3 Å². The molecule has 0 amide bonds. The van der Waals surface area contributed by atoms with Crippen molar-refractivity contribution in [2.24, 2.45) is 0 Å². The SMILES string of the molecule is C[C@@]1(C(=O)O)OC2(CCCC2)O[C@H]1c1ccccc1Cl. The van der Waals surface area contributed by atoms with Crippen LogP contribution in [0, 0.1) is 0 Å². The van der Waals surface area contributed by atoms with E-state index in [0.29, 0.717) is 10.6 Å². The molecule has 1 aromatic rings. The van der Waals surface area contributed by atoms with Crippen molar-refractivity contribution in [2.45, 2.75) is 50.1 Å². The Kier molecular flexibility index (Phi) is 3.27. The van der Waals surface area contributed by atoms with E-state index >= 15 is 0 Å². The van der Waals surface area contributed by atoms with Crippen LogP contribution in [0.1, 0.15) is 44.3 Å². The Balaban J connectivity index is 2.03. The third-order valence-electron chi connectivity index (χ3n) is 4.21. The number of rotatable bonds is 2. The Bertz CT molecular complexity index is 538. The van der Waals surface area contributed by atoms with Crippen molar-refractivity contribution in [3.05, 3.63) is 34.9 Å². The number of carboxylic acid groups (broad SMARTS) is 1. The third kappa shape index (κ3) is 2.03. The number of benzene rings is 1. The van der Waals surface area contributed by atoms with Gasteiger partial charge in [-0.25, -0.2) is 4.79 Å². The van der Waals surface area contributed by atoms with Gasteiger partial charge in [-0.3, -0.25) is 0 Å². The Labute approximate surface area is 122 Å². The topological polar surface area (TPSA) is 55.8 Å². The Morgan fingerprint density at radius 3 is 2.60 bits per heavy atom. The number of hydrogen-bond acceptors (Lipinski definition) is 3. The van der Waals surface area contributed by atoms with Crippen LogP contribution in [0.15, 0.2) is 24.3 Å². The normalized spacial score (nSPS) is 31.8. The standard InChI is InChI=1S/C15H17ClO4/c1-14(13(17)18)12(10-6-2-3-7-11(10)16)19-15(20-14)8-4-5-9-15/h2-3,6-7,12H,4-5,8-9H2,1H3,(H,17,18)/t12-,14+/m0/s1. The van der Waals surface area contributed by atoms with Gasteiger partial charge >= 0.3 is 5.97 Å². The van der Waals surface area contributed by atoms with Gasteiger partial charge in [0.05, 0.1) is 0 Å². The molecule has 0 bridgehead atoms. The zero-order valence-corrected chi connectivity index (χ0v) is 12.0. The molecular weight excluding hydrogens is 280 g/mol. The second-order valence-electron chi connectivity index (χ2n) is 5.65. The molecule has 108 valence electrons. The minimum Gasteiger partial charge on any atom is -0.479 e. The minimum absolute atomic E-state index is 0.503. The molecule has 1 saturated heterocycles. The summed E-state index contributed by atoms with van der Waals surface area (Å²) >= 11 is 6.20. The van der Waals surface area contributed by atoms with Gasteiger partial charge in [0.25, 0.3) is 0 Å². The lowest BCUT2D eigenvalue weighted by Crippen LogP contribution is -2.41. The molecule has 4 nitrogen and oxygen atoms in total. The van der Waals surface area contributed by atoms with Crippen LogP contribution in [0.4, 0.5) is 0 Å². The molecule has 2 fully saturated rings. The summed E-state index contributed by atoms with van der Waals surface area (Å²) < 4.78 is 12.0. The van der Waals surface area contributed by atoms with E-state index in [-0.39, 0.29) is 0 Å². The molecule has 1 aliphatic heterocycles. The van der Waals surface area contributed by atoms with Gasteiger partial charge in [-0.1, -0.05) is 29.8 Å². The van der Waals surface area contributed by atoms with Gasteiger partial charge < -0.3 is 14.6 Å². The summed E-state index contributed by atoms with van der Waals surface area (Å²) in [5.41, 5.74) is -0.738. The van der Waals surface area contributed by atoms with E-state index in [1.54, 1.807) is 19.1 Å². The van der Waals surface area contributed by atoms with Crippen LogP contribution >= 0.6 is 11.6 Å². The van der Waals surface area contributed by atoms with Gasteiger partial charge in [-0.05, 0) is 25.8 Å². The smallest absolute Gasteiger partial charge is 0.338 e. The van der Waals surface area contributed by atoms with E-state index in [1.165, 1.54) is 0 Å². The molecular formula is C15H17ClO4. The van der Waals surface area contributed by atoms with Gasteiger partial charge in [0.15, 0.2) is 11.4 Å². The summed E-state index contributed by atoms with van der Waals surface area (Å²) in [6, 6.07) is 7.17. The number of aliphatic carboxylic acids is 1. The molecule has 1 spiro atoms. The maximum absolute atomic E-state index is 11.7. The number of hydrogen-bond donors (Lipinski definition) is 1.